The van der Waals surface area contributed by atoms with E-state index in [0.717, 1.165) is 12.7 Å². The Morgan fingerprint density at radius 1 is 1.32 bits per heavy atom. The third-order valence-electron chi connectivity index (χ3n) is 2.44. The summed E-state index contributed by atoms with van der Waals surface area (Å²) >= 11 is 0. The number of carboxylic acid groups (broad SMARTS) is 1. The number of hydrogen-bond donors (Lipinski definition) is 1. The van der Waals surface area contributed by atoms with Gasteiger partial charge in [0, 0.05) is 5.56 Å². The molecule has 1 aromatic rings. The van der Waals surface area contributed by atoms with Crippen molar-refractivity contribution in [3.63, 3.8) is 0 Å². The second-order valence-corrected chi connectivity index (χ2v) is 4.24. The summed E-state index contributed by atoms with van der Waals surface area (Å²) < 4.78 is 37.3. The highest BCUT2D eigenvalue weighted by molar-refractivity contribution is 5.87. The molecule has 0 aliphatic rings. The van der Waals surface area contributed by atoms with E-state index in [1.54, 1.807) is 19.3 Å². The van der Waals surface area contributed by atoms with Gasteiger partial charge in [-0.15, -0.1) is 0 Å². The number of nitrogens with zero attached hydrogens (tertiary/aromatic N) is 2. The molecule has 0 atom stereocenters. The molecule has 0 aliphatic carbocycles. The smallest absolute Gasteiger partial charge is 0.430 e. The van der Waals surface area contributed by atoms with Gasteiger partial charge >= 0.3 is 17.8 Å². The average molecular weight is 358 g/mol. The average Bonchev–Trinajstić information content (AvgIpc) is 2.55. The van der Waals surface area contributed by atoms with E-state index < -0.39 is 23.9 Å². The summed E-state index contributed by atoms with van der Waals surface area (Å²) in [5.41, 5.74) is 0.663. The van der Waals surface area contributed by atoms with Gasteiger partial charge in [-0.3, -0.25) is 0 Å². The van der Waals surface area contributed by atoms with Gasteiger partial charge in [-0.25, -0.2) is 4.79 Å². The SMILES string of the molecule is COC(=O)/C(O)=C(\C#N)[N+](C)=Cc1ccccc1.O=C([O-])C(F)(F)F. The Morgan fingerprint density at radius 2 is 1.80 bits per heavy atom. The highest BCUT2D eigenvalue weighted by Gasteiger charge is 2.28. The van der Waals surface area contributed by atoms with E-state index in [1.807, 2.05) is 30.3 Å². The number of carboxylic acids is 1. The first-order chi connectivity index (χ1) is 11.5. The Hall–Kier alpha value is -3.35. The maximum atomic E-state index is 11.1. The lowest BCUT2D eigenvalue weighted by Gasteiger charge is -2.03. The molecule has 0 unspecified atom stereocenters. The van der Waals surface area contributed by atoms with Crippen LogP contribution in [0.1, 0.15) is 5.56 Å². The van der Waals surface area contributed by atoms with E-state index in [9.17, 15) is 23.1 Å². The van der Waals surface area contributed by atoms with Gasteiger partial charge in [0.15, 0.2) is 12.3 Å². The van der Waals surface area contributed by atoms with E-state index in [0.29, 0.717) is 0 Å². The first-order valence-corrected chi connectivity index (χ1v) is 6.37. The molecule has 1 aromatic carbocycles. The third-order valence-corrected chi connectivity index (χ3v) is 2.44. The van der Waals surface area contributed by atoms with Crippen molar-refractivity contribution in [1.82, 2.24) is 0 Å². The van der Waals surface area contributed by atoms with E-state index >= 15 is 0 Å². The Balaban J connectivity index is 0.000000697. The minimum Gasteiger partial charge on any atom is -0.542 e. The van der Waals surface area contributed by atoms with Gasteiger partial charge in [-0.1, -0.05) is 18.2 Å². The molecule has 0 aromatic heterocycles. The topological polar surface area (TPSA) is 113 Å². The third kappa shape index (κ3) is 7.65. The quantitative estimate of drug-likeness (QED) is 0.210. The van der Waals surface area contributed by atoms with Crippen LogP contribution in [0.25, 0.3) is 0 Å². The molecule has 0 fully saturated rings. The van der Waals surface area contributed by atoms with Crippen LogP contribution >= 0.6 is 0 Å². The van der Waals surface area contributed by atoms with Gasteiger partial charge in [0.05, 0.1) is 7.11 Å². The van der Waals surface area contributed by atoms with Crippen molar-refractivity contribution in [2.45, 2.75) is 6.18 Å². The first kappa shape index (κ1) is 21.7. The number of nitriles is 1. The molecule has 134 valence electrons. The number of aliphatic hydroxyl groups excluding tert-OH is 1. The normalized spacial score (nSPS) is 12.1. The number of benzene rings is 1. The van der Waals surface area contributed by atoms with Gasteiger partial charge in [-0.05, 0) is 12.1 Å². The number of hydrogen-bond acceptors (Lipinski definition) is 6. The van der Waals surface area contributed by atoms with Gasteiger partial charge < -0.3 is 19.7 Å². The number of methoxy groups -OCH3 is 1. The van der Waals surface area contributed by atoms with E-state index in [2.05, 4.69) is 4.74 Å². The fourth-order valence-electron chi connectivity index (χ4n) is 1.32. The second kappa shape index (κ2) is 9.71. The number of carbonyl (C=O) groups is 2. The summed E-state index contributed by atoms with van der Waals surface area (Å²) in [5.74, 6) is -4.66. The van der Waals surface area contributed by atoms with Crippen LogP contribution in [0.2, 0.25) is 0 Å². The Labute approximate surface area is 140 Å². The van der Waals surface area contributed by atoms with Crippen molar-refractivity contribution in [2.75, 3.05) is 14.2 Å². The molecule has 0 saturated heterocycles. The van der Waals surface area contributed by atoms with Crippen molar-refractivity contribution < 1.29 is 42.3 Å². The van der Waals surface area contributed by atoms with Gasteiger partial charge in [-0.2, -0.15) is 23.0 Å². The number of esters is 1. The number of aliphatic carboxylic acids is 1. The lowest BCUT2D eigenvalue weighted by atomic mass is 10.2. The largest absolute Gasteiger partial charge is 0.542 e. The molecule has 0 saturated carbocycles. The zero-order valence-corrected chi connectivity index (χ0v) is 13.1. The summed E-state index contributed by atoms with van der Waals surface area (Å²) in [6, 6.07) is 11.0. The highest BCUT2D eigenvalue weighted by Crippen LogP contribution is 2.11. The fraction of sp³-hybridized carbons (Fsp3) is 0.200. The van der Waals surface area contributed by atoms with Crippen LogP contribution in [-0.4, -0.2) is 48.2 Å². The standard InChI is InChI=1S/C13H12N2O3.C2HF3O2/c1-15(9-10-6-4-3-5-7-10)11(8-14)12(16)13(17)18-2;3-2(4,5)1(6)7/h3-7,9H,1-2H3;(H,6,7)/b12-11-,15-9?;. The number of halogens is 3. The Kier molecular flexibility index (Phi) is 8.41. The maximum absolute atomic E-state index is 11.1. The van der Waals surface area contributed by atoms with Gasteiger partial charge in [0.1, 0.15) is 13.0 Å². The van der Waals surface area contributed by atoms with Crippen LogP contribution in [0.5, 0.6) is 0 Å². The molecule has 1 N–H and O–H groups in total. The van der Waals surface area contributed by atoms with Crippen molar-refractivity contribution in [1.29, 1.82) is 5.26 Å². The van der Waals surface area contributed by atoms with Crippen LogP contribution in [-0.2, 0) is 14.3 Å². The van der Waals surface area contributed by atoms with Crippen molar-refractivity contribution in [3.8, 4) is 6.07 Å². The van der Waals surface area contributed by atoms with Crippen LogP contribution in [0.4, 0.5) is 13.2 Å². The van der Waals surface area contributed by atoms with E-state index in [1.165, 1.54) is 4.58 Å². The number of rotatable bonds is 3. The zero-order chi connectivity index (χ0) is 19.6. The Morgan fingerprint density at radius 3 is 2.16 bits per heavy atom. The summed E-state index contributed by atoms with van der Waals surface area (Å²) in [7, 11) is 2.69. The Bertz CT molecular complexity index is 719. The van der Waals surface area contributed by atoms with E-state index in [4.69, 9.17) is 15.2 Å². The maximum Gasteiger partial charge on any atom is 0.430 e. The molecular weight excluding hydrogens is 345 g/mol. The molecule has 0 radical (unpaired) electrons. The number of carbonyl (C=O) groups excluding carboxylic acids is 2. The van der Waals surface area contributed by atoms with E-state index in [-0.39, 0.29) is 5.70 Å². The molecule has 0 aliphatic heterocycles. The number of aliphatic hydroxyl groups is 1. The fourth-order valence-corrected chi connectivity index (χ4v) is 1.32. The van der Waals surface area contributed by atoms with Crippen LogP contribution in [0.3, 0.4) is 0 Å². The molecule has 0 amide bonds. The van der Waals surface area contributed by atoms with Crippen LogP contribution in [0, 0.1) is 11.3 Å². The number of allylic oxidation sites excluding steroid dienone is 1. The molecule has 7 nitrogen and oxygen atoms in total. The lowest BCUT2D eigenvalue weighted by molar-refractivity contribution is -0.433. The number of alkyl halides is 3. The summed E-state index contributed by atoms with van der Waals surface area (Å²) in [6.45, 7) is 0. The second-order valence-electron chi connectivity index (χ2n) is 4.24. The first-order valence-electron chi connectivity index (χ1n) is 6.37. The highest BCUT2D eigenvalue weighted by atomic mass is 19.4. The summed E-state index contributed by atoms with van der Waals surface area (Å²) in [6.07, 6.45) is -3.57. The predicted octanol–water partition coefficient (Wildman–Crippen LogP) is 0.513. The molecule has 0 heterocycles. The molecule has 1 rings (SSSR count). The summed E-state index contributed by atoms with van der Waals surface area (Å²) in [5, 5.41) is 27.3. The van der Waals surface area contributed by atoms with Crippen LogP contribution in [0.15, 0.2) is 41.8 Å². The minimum atomic E-state index is -5.19. The van der Waals surface area contributed by atoms with Crippen molar-refractivity contribution in [2.24, 2.45) is 0 Å². The zero-order valence-electron chi connectivity index (χ0n) is 13.1. The number of ether oxygens (including phenoxy) is 1. The minimum absolute atomic E-state index is 0.175. The lowest BCUT2D eigenvalue weighted by Crippen LogP contribution is -2.37. The van der Waals surface area contributed by atoms with Gasteiger partial charge in [0.25, 0.3) is 5.76 Å². The van der Waals surface area contributed by atoms with Gasteiger partial charge in [0.2, 0.25) is 0 Å². The van der Waals surface area contributed by atoms with Crippen molar-refractivity contribution in [3.05, 3.63) is 47.4 Å². The van der Waals surface area contributed by atoms with Crippen molar-refractivity contribution >= 4 is 18.2 Å². The molecule has 10 heteroatoms. The monoisotopic (exact) mass is 358 g/mol. The summed E-state index contributed by atoms with van der Waals surface area (Å²) in [4.78, 5) is 19.9. The molecule has 0 spiro atoms. The van der Waals surface area contributed by atoms with Crippen LogP contribution < -0.4 is 5.11 Å². The predicted molar refractivity (Wildman–Crippen MR) is 76.1 cm³/mol. The molecule has 25 heavy (non-hydrogen) atoms. The molecular formula is C15H13F3N2O5. The molecule has 0 bridgehead atoms.